The van der Waals surface area contributed by atoms with Gasteiger partial charge in [-0.15, -0.1) is 0 Å². The number of hydrogen-bond donors (Lipinski definition) is 1. The summed E-state index contributed by atoms with van der Waals surface area (Å²) in [6.07, 6.45) is 2.82. The molecule has 1 aromatic carbocycles. The van der Waals surface area contributed by atoms with Crippen LogP contribution in [0.15, 0.2) is 12.1 Å². The van der Waals surface area contributed by atoms with Gasteiger partial charge in [-0.3, -0.25) is 4.79 Å². The lowest BCUT2D eigenvalue weighted by molar-refractivity contribution is 0.0583. The number of carbonyl (C=O) groups is 1. The predicted molar refractivity (Wildman–Crippen MR) is 78.7 cm³/mol. The highest BCUT2D eigenvalue weighted by atomic mass is 35.5. The molecule has 110 valence electrons. The van der Waals surface area contributed by atoms with Crippen LogP contribution >= 0.6 is 23.2 Å². The van der Waals surface area contributed by atoms with Crippen LogP contribution in [0.4, 0.5) is 4.39 Å². The number of nitrogens with two attached hydrogens (primary N) is 1. The number of hydrogen-bond acceptors (Lipinski definition) is 2. The minimum absolute atomic E-state index is 0.0361. The molecule has 1 aromatic rings. The van der Waals surface area contributed by atoms with E-state index in [4.69, 9.17) is 28.9 Å². The number of benzene rings is 1. The van der Waals surface area contributed by atoms with E-state index < -0.39 is 5.82 Å². The molecule has 2 atom stereocenters. The summed E-state index contributed by atoms with van der Waals surface area (Å²) >= 11 is 11.7. The van der Waals surface area contributed by atoms with Crippen molar-refractivity contribution in [3.63, 3.8) is 0 Å². The molecular formula is C14H17Cl2FN2O. The fourth-order valence-corrected chi connectivity index (χ4v) is 3.06. The van der Waals surface area contributed by atoms with Crippen molar-refractivity contribution in [2.24, 2.45) is 5.73 Å². The second-order valence-corrected chi connectivity index (χ2v) is 5.98. The van der Waals surface area contributed by atoms with E-state index in [0.717, 1.165) is 25.3 Å². The van der Waals surface area contributed by atoms with Crippen molar-refractivity contribution in [1.82, 2.24) is 4.90 Å². The molecule has 0 aromatic heterocycles. The monoisotopic (exact) mass is 318 g/mol. The Balaban J connectivity index is 2.32. The van der Waals surface area contributed by atoms with Crippen molar-refractivity contribution in [1.29, 1.82) is 0 Å². The first-order chi connectivity index (χ1) is 9.41. The third-order valence-electron chi connectivity index (χ3n) is 3.66. The van der Waals surface area contributed by atoms with Gasteiger partial charge in [0, 0.05) is 18.6 Å². The summed E-state index contributed by atoms with van der Waals surface area (Å²) in [5.41, 5.74) is 6.08. The van der Waals surface area contributed by atoms with Crippen LogP contribution in [-0.4, -0.2) is 29.4 Å². The maximum atomic E-state index is 13.6. The summed E-state index contributed by atoms with van der Waals surface area (Å²) in [6, 6.07) is 2.19. The van der Waals surface area contributed by atoms with E-state index in [1.54, 1.807) is 4.90 Å². The Morgan fingerprint density at radius 2 is 2.10 bits per heavy atom. The van der Waals surface area contributed by atoms with Gasteiger partial charge >= 0.3 is 0 Å². The molecule has 0 aliphatic carbocycles. The quantitative estimate of drug-likeness (QED) is 0.849. The minimum atomic E-state index is -0.645. The first-order valence-electron chi connectivity index (χ1n) is 6.63. The van der Waals surface area contributed by atoms with Crippen LogP contribution in [0.1, 0.15) is 36.5 Å². The van der Waals surface area contributed by atoms with Gasteiger partial charge in [-0.25, -0.2) is 4.39 Å². The topological polar surface area (TPSA) is 46.3 Å². The summed E-state index contributed by atoms with van der Waals surface area (Å²) in [5.74, 6) is -0.929. The van der Waals surface area contributed by atoms with Crippen LogP contribution in [0, 0.1) is 5.82 Å². The third kappa shape index (κ3) is 3.08. The normalized spacial score (nSPS) is 20.9. The van der Waals surface area contributed by atoms with Crippen LogP contribution in [0.25, 0.3) is 0 Å². The van der Waals surface area contributed by atoms with Gasteiger partial charge in [0.2, 0.25) is 0 Å². The highest BCUT2D eigenvalue weighted by molar-refractivity contribution is 6.36. The molecule has 1 saturated heterocycles. The van der Waals surface area contributed by atoms with Crippen LogP contribution in [0.3, 0.4) is 0 Å². The molecule has 1 aliphatic heterocycles. The lowest BCUT2D eigenvalue weighted by Crippen LogP contribution is -2.51. The zero-order chi connectivity index (χ0) is 14.9. The molecule has 2 N–H and O–H groups in total. The Bertz CT molecular complexity index is 522. The fourth-order valence-electron chi connectivity index (χ4n) is 2.60. The Labute approximate surface area is 127 Å². The second-order valence-electron chi connectivity index (χ2n) is 5.17. The molecular weight excluding hydrogens is 302 g/mol. The van der Waals surface area contributed by atoms with Gasteiger partial charge in [0.15, 0.2) is 0 Å². The van der Waals surface area contributed by atoms with Gasteiger partial charge in [-0.1, -0.05) is 23.2 Å². The standard InChI is InChI=1S/C14H17Cl2FN2O/c1-8(18)13-4-2-3-5-19(13)14(20)9-6-12(17)11(16)7-10(9)15/h6-8,13H,2-5,18H2,1H3. The zero-order valence-corrected chi connectivity index (χ0v) is 12.7. The van der Waals surface area contributed by atoms with Crippen molar-refractivity contribution in [3.05, 3.63) is 33.6 Å². The van der Waals surface area contributed by atoms with Gasteiger partial charge in [0.05, 0.1) is 15.6 Å². The molecule has 20 heavy (non-hydrogen) atoms. The largest absolute Gasteiger partial charge is 0.334 e. The van der Waals surface area contributed by atoms with Crippen molar-refractivity contribution in [3.8, 4) is 0 Å². The van der Waals surface area contributed by atoms with E-state index >= 15 is 0 Å². The van der Waals surface area contributed by atoms with Gasteiger partial charge < -0.3 is 10.6 Å². The number of amides is 1. The molecule has 0 bridgehead atoms. The van der Waals surface area contributed by atoms with Crippen LogP contribution < -0.4 is 5.73 Å². The molecule has 2 unspecified atom stereocenters. The summed E-state index contributed by atoms with van der Waals surface area (Å²) in [7, 11) is 0. The van der Waals surface area contributed by atoms with Gasteiger partial charge in [-0.2, -0.15) is 0 Å². The molecule has 1 amide bonds. The fraction of sp³-hybridized carbons (Fsp3) is 0.500. The van der Waals surface area contributed by atoms with E-state index in [1.807, 2.05) is 6.92 Å². The average Bonchev–Trinajstić information content (AvgIpc) is 2.42. The van der Waals surface area contributed by atoms with Crippen molar-refractivity contribution in [2.75, 3.05) is 6.54 Å². The molecule has 2 rings (SSSR count). The Morgan fingerprint density at radius 1 is 1.40 bits per heavy atom. The molecule has 0 spiro atoms. The van der Waals surface area contributed by atoms with Crippen molar-refractivity contribution < 1.29 is 9.18 Å². The maximum Gasteiger partial charge on any atom is 0.255 e. The van der Waals surface area contributed by atoms with Gasteiger partial charge in [0.1, 0.15) is 5.82 Å². The molecule has 1 fully saturated rings. The smallest absolute Gasteiger partial charge is 0.255 e. The first kappa shape index (κ1) is 15.5. The molecule has 3 nitrogen and oxygen atoms in total. The second kappa shape index (κ2) is 6.29. The van der Waals surface area contributed by atoms with E-state index in [9.17, 15) is 9.18 Å². The zero-order valence-electron chi connectivity index (χ0n) is 11.2. The average molecular weight is 319 g/mol. The number of carbonyl (C=O) groups excluding carboxylic acids is 1. The highest BCUT2D eigenvalue weighted by Gasteiger charge is 2.31. The number of rotatable bonds is 2. The highest BCUT2D eigenvalue weighted by Crippen LogP contribution is 2.28. The SMILES string of the molecule is CC(N)C1CCCCN1C(=O)c1cc(F)c(Cl)cc1Cl. The summed E-state index contributed by atoms with van der Waals surface area (Å²) in [5, 5.41) is 0.0735. The molecule has 0 saturated carbocycles. The van der Waals surface area contributed by atoms with Crippen LogP contribution in [0.5, 0.6) is 0 Å². The number of halogens is 3. The van der Waals surface area contributed by atoms with E-state index in [-0.39, 0.29) is 33.6 Å². The number of piperidine rings is 1. The molecule has 6 heteroatoms. The molecule has 1 heterocycles. The van der Waals surface area contributed by atoms with Crippen LogP contribution in [0.2, 0.25) is 10.0 Å². The predicted octanol–water partition coefficient (Wildman–Crippen LogP) is 3.47. The van der Waals surface area contributed by atoms with Gasteiger partial charge in [0.25, 0.3) is 5.91 Å². The van der Waals surface area contributed by atoms with E-state index in [1.165, 1.54) is 6.07 Å². The van der Waals surface area contributed by atoms with Crippen LogP contribution in [-0.2, 0) is 0 Å². The summed E-state index contributed by atoms with van der Waals surface area (Å²) in [6.45, 7) is 2.49. The van der Waals surface area contributed by atoms with Crippen molar-refractivity contribution >= 4 is 29.1 Å². The van der Waals surface area contributed by atoms with Gasteiger partial charge in [-0.05, 0) is 38.3 Å². The van der Waals surface area contributed by atoms with E-state index in [2.05, 4.69) is 0 Å². The minimum Gasteiger partial charge on any atom is -0.334 e. The summed E-state index contributed by atoms with van der Waals surface area (Å²) < 4.78 is 13.6. The maximum absolute atomic E-state index is 13.6. The number of likely N-dealkylation sites (tertiary alicyclic amines) is 1. The van der Waals surface area contributed by atoms with E-state index in [0.29, 0.717) is 6.54 Å². The Hall–Kier alpha value is -0.840. The first-order valence-corrected chi connectivity index (χ1v) is 7.38. The lowest BCUT2D eigenvalue weighted by Gasteiger charge is -2.38. The Morgan fingerprint density at radius 3 is 2.75 bits per heavy atom. The Kier molecular flexibility index (Phi) is 4.89. The third-order valence-corrected chi connectivity index (χ3v) is 4.26. The summed E-state index contributed by atoms with van der Waals surface area (Å²) in [4.78, 5) is 14.3. The lowest BCUT2D eigenvalue weighted by atomic mass is 9.96. The number of nitrogens with zero attached hydrogens (tertiary/aromatic N) is 1. The molecule has 1 aliphatic rings. The van der Waals surface area contributed by atoms with Crippen molar-refractivity contribution in [2.45, 2.75) is 38.3 Å². The molecule has 0 radical (unpaired) electrons.